The molecule has 23 heavy (non-hydrogen) atoms. The Balaban J connectivity index is 1.90. The largest absolute Gasteiger partial charge is 0.478 e. The van der Waals surface area contributed by atoms with Crippen LogP contribution in [-0.4, -0.2) is 51.8 Å². The van der Waals surface area contributed by atoms with E-state index in [4.69, 9.17) is 9.84 Å². The average Bonchev–Trinajstić information content (AvgIpc) is 2.80. The van der Waals surface area contributed by atoms with Gasteiger partial charge in [0.25, 0.3) is 0 Å². The van der Waals surface area contributed by atoms with Gasteiger partial charge in [-0.2, -0.15) is 0 Å². The van der Waals surface area contributed by atoms with Gasteiger partial charge in [0.2, 0.25) is 5.95 Å². The molecule has 0 spiro atoms. The second-order valence-electron chi connectivity index (χ2n) is 5.46. The summed E-state index contributed by atoms with van der Waals surface area (Å²) in [7, 11) is 0. The van der Waals surface area contributed by atoms with E-state index >= 15 is 0 Å². The van der Waals surface area contributed by atoms with Gasteiger partial charge >= 0.3 is 5.97 Å². The lowest BCUT2D eigenvalue weighted by Gasteiger charge is -2.22. The standard InChI is InChI=1S/C16H18N4O3/c1-11-10-20(7-2-8-23-11)16-18-6-4-13(19-16)14-9-12(15(21)22)3-5-17-14/h3-6,9,11H,2,7-8,10H2,1H3,(H,21,22)/t11-/m1/s1. The van der Waals surface area contributed by atoms with E-state index < -0.39 is 5.97 Å². The quantitative estimate of drug-likeness (QED) is 0.924. The minimum absolute atomic E-state index is 0.123. The lowest BCUT2D eigenvalue weighted by Crippen LogP contribution is -2.31. The van der Waals surface area contributed by atoms with Gasteiger partial charge in [-0.1, -0.05) is 0 Å². The van der Waals surface area contributed by atoms with E-state index in [1.807, 2.05) is 6.92 Å². The first kappa shape index (κ1) is 15.4. The molecule has 0 unspecified atom stereocenters. The van der Waals surface area contributed by atoms with Crippen LogP contribution in [0.5, 0.6) is 0 Å². The molecule has 7 nitrogen and oxygen atoms in total. The topological polar surface area (TPSA) is 88.4 Å². The molecular weight excluding hydrogens is 296 g/mol. The van der Waals surface area contributed by atoms with Gasteiger partial charge in [-0.25, -0.2) is 14.8 Å². The molecule has 1 atom stereocenters. The molecule has 0 radical (unpaired) electrons. The number of aromatic carboxylic acids is 1. The average molecular weight is 314 g/mol. The van der Waals surface area contributed by atoms with Crippen molar-refractivity contribution in [3.8, 4) is 11.4 Å². The highest BCUT2D eigenvalue weighted by Gasteiger charge is 2.18. The molecule has 7 heteroatoms. The number of carboxylic acids is 1. The van der Waals surface area contributed by atoms with Crippen LogP contribution in [0, 0.1) is 0 Å². The minimum atomic E-state index is -0.985. The van der Waals surface area contributed by atoms with Gasteiger partial charge in [-0.05, 0) is 31.5 Å². The summed E-state index contributed by atoms with van der Waals surface area (Å²) >= 11 is 0. The fourth-order valence-corrected chi connectivity index (χ4v) is 2.52. The van der Waals surface area contributed by atoms with Crippen molar-refractivity contribution in [2.75, 3.05) is 24.6 Å². The van der Waals surface area contributed by atoms with E-state index in [1.54, 1.807) is 12.3 Å². The smallest absolute Gasteiger partial charge is 0.335 e. The number of rotatable bonds is 3. The van der Waals surface area contributed by atoms with Crippen molar-refractivity contribution in [2.45, 2.75) is 19.4 Å². The zero-order valence-corrected chi connectivity index (χ0v) is 12.8. The van der Waals surface area contributed by atoms with Gasteiger partial charge in [-0.15, -0.1) is 0 Å². The maximum absolute atomic E-state index is 11.1. The van der Waals surface area contributed by atoms with Crippen molar-refractivity contribution >= 4 is 11.9 Å². The number of carbonyl (C=O) groups is 1. The predicted octanol–water partition coefficient (Wildman–Crippen LogP) is 1.85. The third-order valence-corrected chi connectivity index (χ3v) is 3.65. The molecule has 2 aromatic heterocycles. The monoisotopic (exact) mass is 314 g/mol. The lowest BCUT2D eigenvalue weighted by molar-refractivity contribution is 0.0696. The first-order chi connectivity index (χ1) is 11.1. The zero-order chi connectivity index (χ0) is 16.2. The van der Waals surface area contributed by atoms with Gasteiger partial charge in [-0.3, -0.25) is 4.98 Å². The molecule has 2 aromatic rings. The Bertz CT molecular complexity index is 707. The van der Waals surface area contributed by atoms with Gasteiger partial charge in [0.15, 0.2) is 0 Å². The van der Waals surface area contributed by atoms with Crippen molar-refractivity contribution in [3.63, 3.8) is 0 Å². The summed E-state index contributed by atoms with van der Waals surface area (Å²) in [6.45, 7) is 4.32. The fraction of sp³-hybridized carbons (Fsp3) is 0.375. The highest BCUT2D eigenvalue weighted by Crippen LogP contribution is 2.19. The summed E-state index contributed by atoms with van der Waals surface area (Å²) < 4.78 is 5.64. The summed E-state index contributed by atoms with van der Waals surface area (Å²) in [5.41, 5.74) is 1.32. The van der Waals surface area contributed by atoms with Crippen molar-refractivity contribution < 1.29 is 14.6 Å². The molecule has 0 bridgehead atoms. The van der Waals surface area contributed by atoms with Gasteiger partial charge in [0.1, 0.15) is 0 Å². The SMILES string of the molecule is C[C@@H]1CN(c2nccc(-c3cc(C(=O)O)ccn3)n2)CCCO1. The Morgan fingerprint density at radius 1 is 1.30 bits per heavy atom. The Morgan fingerprint density at radius 2 is 2.13 bits per heavy atom. The summed E-state index contributed by atoms with van der Waals surface area (Å²) in [5.74, 6) is -0.371. The normalized spacial score (nSPS) is 18.5. The van der Waals surface area contributed by atoms with Crippen molar-refractivity contribution in [1.29, 1.82) is 0 Å². The predicted molar refractivity (Wildman–Crippen MR) is 84.5 cm³/mol. The van der Waals surface area contributed by atoms with Crippen LogP contribution in [-0.2, 0) is 4.74 Å². The molecule has 120 valence electrons. The molecule has 1 aliphatic heterocycles. The van der Waals surface area contributed by atoms with Crippen molar-refractivity contribution in [3.05, 3.63) is 36.2 Å². The van der Waals surface area contributed by atoms with Crippen LogP contribution in [0.2, 0.25) is 0 Å². The molecule has 1 aliphatic rings. The van der Waals surface area contributed by atoms with E-state index in [1.165, 1.54) is 18.3 Å². The zero-order valence-electron chi connectivity index (χ0n) is 12.8. The van der Waals surface area contributed by atoms with Gasteiger partial charge in [0, 0.05) is 32.1 Å². The number of hydrogen-bond acceptors (Lipinski definition) is 6. The number of nitrogens with zero attached hydrogens (tertiary/aromatic N) is 4. The molecule has 0 aliphatic carbocycles. The summed E-state index contributed by atoms with van der Waals surface area (Å²) in [5, 5.41) is 9.09. The Hall–Kier alpha value is -2.54. The molecule has 1 fully saturated rings. The first-order valence-corrected chi connectivity index (χ1v) is 7.53. The molecule has 3 rings (SSSR count). The lowest BCUT2D eigenvalue weighted by atomic mass is 10.2. The molecule has 3 heterocycles. The highest BCUT2D eigenvalue weighted by molar-refractivity contribution is 5.88. The molecule has 1 N–H and O–H groups in total. The molecule has 0 aromatic carbocycles. The molecular formula is C16H18N4O3. The molecule has 0 saturated carbocycles. The fourth-order valence-electron chi connectivity index (χ4n) is 2.52. The number of pyridine rings is 1. The second-order valence-corrected chi connectivity index (χ2v) is 5.46. The minimum Gasteiger partial charge on any atom is -0.478 e. The Labute approximate surface area is 134 Å². The third kappa shape index (κ3) is 3.62. The summed E-state index contributed by atoms with van der Waals surface area (Å²) in [4.78, 5) is 26.3. The maximum Gasteiger partial charge on any atom is 0.335 e. The van der Waals surface area contributed by atoms with E-state index in [0.717, 1.165) is 26.1 Å². The van der Waals surface area contributed by atoms with Crippen LogP contribution >= 0.6 is 0 Å². The number of carboxylic acid groups (broad SMARTS) is 1. The van der Waals surface area contributed by atoms with Crippen molar-refractivity contribution in [1.82, 2.24) is 15.0 Å². The Kier molecular flexibility index (Phi) is 4.47. The van der Waals surface area contributed by atoms with Crippen LogP contribution in [0.3, 0.4) is 0 Å². The van der Waals surface area contributed by atoms with Gasteiger partial charge in [0.05, 0.1) is 23.1 Å². The molecule has 1 saturated heterocycles. The first-order valence-electron chi connectivity index (χ1n) is 7.53. The van der Waals surface area contributed by atoms with Crippen molar-refractivity contribution in [2.24, 2.45) is 0 Å². The van der Waals surface area contributed by atoms with Crippen LogP contribution in [0.4, 0.5) is 5.95 Å². The van der Waals surface area contributed by atoms with E-state index in [9.17, 15) is 4.79 Å². The van der Waals surface area contributed by atoms with E-state index in [2.05, 4.69) is 19.9 Å². The van der Waals surface area contributed by atoms with E-state index in [0.29, 0.717) is 17.3 Å². The van der Waals surface area contributed by atoms with Crippen LogP contribution in [0.1, 0.15) is 23.7 Å². The second kappa shape index (κ2) is 6.70. The summed E-state index contributed by atoms with van der Waals surface area (Å²) in [6, 6.07) is 4.71. The van der Waals surface area contributed by atoms with Crippen LogP contribution in [0.15, 0.2) is 30.6 Å². The maximum atomic E-state index is 11.1. The highest BCUT2D eigenvalue weighted by atomic mass is 16.5. The van der Waals surface area contributed by atoms with Crippen LogP contribution < -0.4 is 4.90 Å². The summed E-state index contributed by atoms with van der Waals surface area (Å²) in [6.07, 6.45) is 4.19. The number of aromatic nitrogens is 3. The van der Waals surface area contributed by atoms with Gasteiger partial charge < -0.3 is 14.7 Å². The number of hydrogen-bond donors (Lipinski definition) is 1. The third-order valence-electron chi connectivity index (χ3n) is 3.65. The number of ether oxygens (including phenoxy) is 1. The Morgan fingerprint density at radius 3 is 2.96 bits per heavy atom. The molecule has 0 amide bonds. The van der Waals surface area contributed by atoms with E-state index in [-0.39, 0.29) is 11.7 Å². The number of anilines is 1. The van der Waals surface area contributed by atoms with Crippen LogP contribution in [0.25, 0.3) is 11.4 Å².